The molecule has 0 radical (unpaired) electrons. The summed E-state index contributed by atoms with van der Waals surface area (Å²) >= 11 is 0. The molecule has 1 rings (SSSR count). The van der Waals surface area contributed by atoms with Gasteiger partial charge in [0.2, 0.25) is 15.9 Å². The molecule has 1 aromatic rings. The molecule has 154 valence electrons. The van der Waals surface area contributed by atoms with Crippen LogP contribution < -0.4 is 19.1 Å². The third kappa shape index (κ3) is 7.28. The number of hydrogen-bond acceptors (Lipinski definition) is 5. The van der Waals surface area contributed by atoms with Crippen LogP contribution in [0.4, 0.5) is 5.69 Å². The highest BCUT2D eigenvalue weighted by atomic mass is 32.2. The van der Waals surface area contributed by atoms with Crippen molar-refractivity contribution >= 4 is 21.6 Å². The van der Waals surface area contributed by atoms with Crippen LogP contribution in [-0.2, 0) is 14.8 Å². The molecule has 0 aromatic heterocycles. The first kappa shape index (κ1) is 23.1. The van der Waals surface area contributed by atoms with Crippen LogP contribution >= 0.6 is 0 Å². The van der Waals surface area contributed by atoms with Crippen molar-refractivity contribution in [2.45, 2.75) is 46.6 Å². The van der Waals surface area contributed by atoms with E-state index in [9.17, 15) is 13.2 Å². The molecular formula is C19H32N2O5S. The lowest BCUT2D eigenvalue weighted by molar-refractivity contribution is -0.121. The lowest BCUT2D eigenvalue weighted by Crippen LogP contribution is -2.50. The number of carbonyl (C=O) groups excluding carboxylic acids is 1. The molecule has 0 aliphatic heterocycles. The first-order chi connectivity index (χ1) is 12.2. The number of amides is 1. The number of sulfonamides is 1. The van der Waals surface area contributed by atoms with E-state index in [1.54, 1.807) is 12.1 Å². The van der Waals surface area contributed by atoms with E-state index in [0.717, 1.165) is 17.0 Å². The Hall–Kier alpha value is -1.96. The Morgan fingerprint density at radius 3 is 2.15 bits per heavy atom. The van der Waals surface area contributed by atoms with Gasteiger partial charge in [-0.2, -0.15) is 0 Å². The fourth-order valence-electron chi connectivity index (χ4n) is 3.29. The lowest BCUT2D eigenvalue weighted by atomic mass is 9.82. The molecule has 0 heterocycles. The summed E-state index contributed by atoms with van der Waals surface area (Å²) in [5.41, 5.74) is -0.205. The summed E-state index contributed by atoms with van der Waals surface area (Å²) in [6, 6.07) is 4.80. The van der Waals surface area contributed by atoms with Crippen LogP contribution in [0.1, 0.15) is 41.0 Å². The van der Waals surface area contributed by atoms with Crippen LogP contribution in [0.5, 0.6) is 11.5 Å². The maximum Gasteiger partial charge on any atom is 0.241 e. The van der Waals surface area contributed by atoms with E-state index in [2.05, 4.69) is 26.1 Å². The van der Waals surface area contributed by atoms with Crippen molar-refractivity contribution in [3.8, 4) is 11.5 Å². The molecule has 27 heavy (non-hydrogen) atoms. The predicted octanol–water partition coefficient (Wildman–Crippen LogP) is 2.80. The van der Waals surface area contributed by atoms with Gasteiger partial charge in [-0.1, -0.05) is 20.8 Å². The zero-order chi connectivity index (χ0) is 21.0. The number of nitrogens with one attached hydrogen (secondary N) is 1. The summed E-state index contributed by atoms with van der Waals surface area (Å²) in [7, 11) is -0.797. The predicted molar refractivity (Wildman–Crippen MR) is 108 cm³/mol. The average molecular weight is 401 g/mol. The van der Waals surface area contributed by atoms with E-state index < -0.39 is 15.6 Å². The molecular weight excluding hydrogens is 368 g/mol. The van der Waals surface area contributed by atoms with Gasteiger partial charge in [0, 0.05) is 11.6 Å². The fourth-order valence-corrected chi connectivity index (χ4v) is 4.14. The molecule has 0 saturated heterocycles. The summed E-state index contributed by atoms with van der Waals surface area (Å²) in [6.07, 6.45) is 1.80. The van der Waals surface area contributed by atoms with Crippen molar-refractivity contribution in [2.24, 2.45) is 5.41 Å². The minimum absolute atomic E-state index is 0.0172. The van der Waals surface area contributed by atoms with Gasteiger partial charge in [-0.3, -0.25) is 9.10 Å². The van der Waals surface area contributed by atoms with Crippen LogP contribution in [0.2, 0.25) is 0 Å². The van der Waals surface area contributed by atoms with Crippen molar-refractivity contribution in [1.29, 1.82) is 0 Å². The van der Waals surface area contributed by atoms with E-state index in [4.69, 9.17) is 9.47 Å². The Balaban J connectivity index is 3.16. The zero-order valence-electron chi connectivity index (χ0n) is 17.5. The molecule has 1 amide bonds. The van der Waals surface area contributed by atoms with E-state index >= 15 is 0 Å². The van der Waals surface area contributed by atoms with Crippen LogP contribution in [0.3, 0.4) is 0 Å². The molecule has 7 nitrogen and oxygen atoms in total. The Morgan fingerprint density at radius 1 is 1.11 bits per heavy atom. The van der Waals surface area contributed by atoms with Gasteiger partial charge in [-0.15, -0.1) is 0 Å². The number of rotatable bonds is 8. The van der Waals surface area contributed by atoms with Crippen LogP contribution in [0, 0.1) is 5.41 Å². The Bertz CT molecular complexity index is 767. The van der Waals surface area contributed by atoms with Crippen LogP contribution in [-0.4, -0.2) is 46.9 Å². The first-order valence-corrected chi connectivity index (χ1v) is 10.5. The standard InChI is InChI=1S/C19H32N2O5S/c1-18(2,3)13-19(4,5)20-17(22)12-21(27(8,23)24)15-11-14(25-6)9-10-16(15)26-7/h9-11H,12-13H2,1-8H3,(H,20,22). The quantitative estimate of drug-likeness (QED) is 0.725. The molecule has 0 saturated carbocycles. The molecule has 0 unspecified atom stereocenters. The number of nitrogens with zero attached hydrogens (tertiary/aromatic N) is 1. The van der Waals surface area contributed by atoms with Gasteiger partial charge in [-0.05, 0) is 37.8 Å². The van der Waals surface area contributed by atoms with Gasteiger partial charge in [0.1, 0.15) is 18.0 Å². The van der Waals surface area contributed by atoms with Crippen molar-refractivity contribution in [3.05, 3.63) is 18.2 Å². The fraction of sp³-hybridized carbons (Fsp3) is 0.632. The second kappa shape index (κ2) is 8.37. The van der Waals surface area contributed by atoms with E-state index in [0.29, 0.717) is 11.5 Å². The van der Waals surface area contributed by atoms with Gasteiger partial charge >= 0.3 is 0 Å². The third-order valence-electron chi connectivity index (χ3n) is 3.79. The number of carbonyl (C=O) groups is 1. The van der Waals surface area contributed by atoms with Gasteiger partial charge in [0.05, 0.1) is 26.2 Å². The van der Waals surface area contributed by atoms with Crippen molar-refractivity contribution < 1.29 is 22.7 Å². The lowest BCUT2D eigenvalue weighted by Gasteiger charge is -2.34. The van der Waals surface area contributed by atoms with Gasteiger partial charge in [0.15, 0.2) is 0 Å². The Morgan fingerprint density at radius 2 is 1.70 bits per heavy atom. The normalized spacial score (nSPS) is 12.4. The van der Waals surface area contributed by atoms with Gasteiger partial charge in [-0.25, -0.2) is 8.42 Å². The second-order valence-corrected chi connectivity index (χ2v) is 10.4. The highest BCUT2D eigenvalue weighted by Gasteiger charge is 2.30. The molecule has 8 heteroatoms. The summed E-state index contributed by atoms with van der Waals surface area (Å²) in [6.45, 7) is 9.76. The maximum atomic E-state index is 12.6. The molecule has 0 spiro atoms. The van der Waals surface area contributed by atoms with Crippen LogP contribution in [0.15, 0.2) is 18.2 Å². The van der Waals surface area contributed by atoms with Crippen molar-refractivity contribution in [2.75, 3.05) is 31.3 Å². The molecule has 0 fully saturated rings. The second-order valence-electron chi connectivity index (χ2n) is 8.48. The number of ether oxygens (including phenoxy) is 2. The topological polar surface area (TPSA) is 84.9 Å². The van der Waals surface area contributed by atoms with E-state index in [-0.39, 0.29) is 23.6 Å². The molecule has 0 aliphatic rings. The summed E-state index contributed by atoms with van der Waals surface area (Å²) in [5, 5.41) is 2.93. The monoisotopic (exact) mass is 400 g/mol. The molecule has 0 bridgehead atoms. The minimum Gasteiger partial charge on any atom is -0.497 e. The smallest absolute Gasteiger partial charge is 0.241 e. The number of benzene rings is 1. The highest BCUT2D eigenvalue weighted by Crippen LogP contribution is 2.34. The molecule has 0 atom stereocenters. The summed E-state index contributed by atoms with van der Waals surface area (Å²) in [5.74, 6) is 0.412. The third-order valence-corrected chi connectivity index (χ3v) is 4.92. The number of methoxy groups -OCH3 is 2. The minimum atomic E-state index is -3.72. The van der Waals surface area contributed by atoms with Gasteiger partial charge < -0.3 is 14.8 Å². The Kier molecular flexibility index (Phi) is 7.16. The Labute approximate surface area is 163 Å². The summed E-state index contributed by atoms with van der Waals surface area (Å²) in [4.78, 5) is 12.6. The molecule has 0 aliphatic carbocycles. The van der Waals surface area contributed by atoms with E-state index in [1.807, 2.05) is 13.8 Å². The maximum absolute atomic E-state index is 12.6. The van der Waals surface area contributed by atoms with E-state index in [1.165, 1.54) is 20.3 Å². The summed E-state index contributed by atoms with van der Waals surface area (Å²) < 4.78 is 36.2. The molecule has 1 N–H and O–H groups in total. The van der Waals surface area contributed by atoms with Crippen molar-refractivity contribution in [3.63, 3.8) is 0 Å². The van der Waals surface area contributed by atoms with Crippen molar-refractivity contribution in [1.82, 2.24) is 5.32 Å². The number of anilines is 1. The average Bonchev–Trinajstić information content (AvgIpc) is 2.47. The highest BCUT2D eigenvalue weighted by molar-refractivity contribution is 7.92. The van der Waals surface area contributed by atoms with Crippen LogP contribution in [0.25, 0.3) is 0 Å². The SMILES string of the molecule is COc1ccc(OC)c(N(CC(=O)NC(C)(C)CC(C)(C)C)S(C)(=O)=O)c1. The first-order valence-electron chi connectivity index (χ1n) is 8.69. The number of hydrogen-bond donors (Lipinski definition) is 1. The zero-order valence-corrected chi connectivity index (χ0v) is 18.4. The molecule has 1 aromatic carbocycles. The van der Waals surface area contributed by atoms with Gasteiger partial charge in [0.25, 0.3) is 0 Å². The largest absolute Gasteiger partial charge is 0.497 e.